The van der Waals surface area contributed by atoms with Crippen molar-refractivity contribution in [3.8, 4) is 5.75 Å². The minimum atomic E-state index is -0.517. The highest BCUT2D eigenvalue weighted by Crippen LogP contribution is 2.20. The van der Waals surface area contributed by atoms with Gasteiger partial charge in [-0.2, -0.15) is 0 Å². The van der Waals surface area contributed by atoms with Gasteiger partial charge < -0.3 is 10.1 Å². The number of ether oxygens (including phenoxy) is 1. The quantitative estimate of drug-likeness (QED) is 0.689. The lowest BCUT2D eigenvalue weighted by molar-refractivity contribution is -0.114. The van der Waals surface area contributed by atoms with Crippen LogP contribution >= 0.6 is 15.9 Å². The molecule has 2 rings (SSSR count). The van der Waals surface area contributed by atoms with Crippen LogP contribution in [0.15, 0.2) is 53.0 Å². The van der Waals surface area contributed by atoms with Crippen LogP contribution in [0.5, 0.6) is 5.75 Å². The third-order valence-corrected chi connectivity index (χ3v) is 3.01. The van der Waals surface area contributed by atoms with Gasteiger partial charge in [-0.15, -0.1) is 0 Å². The summed E-state index contributed by atoms with van der Waals surface area (Å²) in [5, 5.41) is 2.60. The van der Waals surface area contributed by atoms with E-state index < -0.39 is 5.97 Å². The Bertz CT molecular complexity index is 638. The molecule has 0 aromatic heterocycles. The first-order chi connectivity index (χ1) is 9.56. The van der Waals surface area contributed by atoms with Crippen LogP contribution in [0.3, 0.4) is 0 Å². The molecule has 5 heteroatoms. The number of halogens is 1. The van der Waals surface area contributed by atoms with Gasteiger partial charge in [-0.1, -0.05) is 28.1 Å². The van der Waals surface area contributed by atoms with Crippen LogP contribution in [0.1, 0.15) is 17.3 Å². The molecule has 0 aliphatic carbocycles. The van der Waals surface area contributed by atoms with Crippen molar-refractivity contribution in [2.24, 2.45) is 0 Å². The zero-order chi connectivity index (χ0) is 14.5. The predicted molar refractivity (Wildman–Crippen MR) is 79.8 cm³/mol. The summed E-state index contributed by atoms with van der Waals surface area (Å²) in [6, 6.07) is 13.6. The van der Waals surface area contributed by atoms with E-state index in [0.29, 0.717) is 17.0 Å². The molecule has 0 saturated heterocycles. The van der Waals surface area contributed by atoms with Crippen LogP contribution in [0.25, 0.3) is 0 Å². The van der Waals surface area contributed by atoms with Crippen molar-refractivity contribution in [3.63, 3.8) is 0 Å². The summed E-state index contributed by atoms with van der Waals surface area (Å²) in [5.41, 5.74) is 0.743. The van der Waals surface area contributed by atoms with Crippen LogP contribution < -0.4 is 10.1 Å². The Morgan fingerprint density at radius 2 is 1.70 bits per heavy atom. The fourth-order valence-electron chi connectivity index (χ4n) is 1.62. The highest BCUT2D eigenvalue weighted by Gasteiger charge is 2.14. The summed E-state index contributed by atoms with van der Waals surface area (Å²) in [6.07, 6.45) is 0. The summed E-state index contributed by atoms with van der Waals surface area (Å²) in [5.74, 6) is -0.318. The van der Waals surface area contributed by atoms with Crippen LogP contribution in [0.4, 0.5) is 5.69 Å². The highest BCUT2D eigenvalue weighted by molar-refractivity contribution is 9.10. The third-order valence-electron chi connectivity index (χ3n) is 2.48. The van der Waals surface area contributed by atoms with E-state index in [1.165, 1.54) is 6.92 Å². The molecule has 0 spiro atoms. The van der Waals surface area contributed by atoms with Gasteiger partial charge in [0.2, 0.25) is 5.91 Å². The van der Waals surface area contributed by atoms with E-state index in [9.17, 15) is 9.59 Å². The molecule has 0 aliphatic heterocycles. The summed E-state index contributed by atoms with van der Waals surface area (Å²) < 4.78 is 6.17. The van der Waals surface area contributed by atoms with Crippen molar-refractivity contribution in [1.82, 2.24) is 0 Å². The van der Waals surface area contributed by atoms with Gasteiger partial charge in [0.15, 0.2) is 0 Å². The molecule has 102 valence electrons. The van der Waals surface area contributed by atoms with E-state index in [1.54, 1.807) is 48.5 Å². The average molecular weight is 334 g/mol. The lowest BCUT2D eigenvalue weighted by atomic mass is 10.2. The van der Waals surface area contributed by atoms with Crippen molar-refractivity contribution in [2.45, 2.75) is 6.92 Å². The van der Waals surface area contributed by atoms with E-state index in [2.05, 4.69) is 21.2 Å². The monoisotopic (exact) mass is 333 g/mol. The number of carbonyl (C=O) groups is 2. The molecule has 0 radical (unpaired) electrons. The van der Waals surface area contributed by atoms with Crippen molar-refractivity contribution < 1.29 is 14.3 Å². The maximum atomic E-state index is 12.1. The van der Waals surface area contributed by atoms with Crippen LogP contribution in [0, 0.1) is 0 Å². The van der Waals surface area contributed by atoms with E-state index in [0.717, 1.165) is 4.47 Å². The van der Waals surface area contributed by atoms with Crippen molar-refractivity contribution in [2.75, 3.05) is 5.32 Å². The molecule has 0 fully saturated rings. The van der Waals surface area contributed by atoms with E-state index in [1.807, 2.05) is 0 Å². The average Bonchev–Trinajstić information content (AvgIpc) is 2.41. The molecule has 0 atom stereocenters. The first-order valence-electron chi connectivity index (χ1n) is 5.90. The van der Waals surface area contributed by atoms with Gasteiger partial charge in [0.05, 0.1) is 11.3 Å². The molecule has 1 N–H and O–H groups in total. The van der Waals surface area contributed by atoms with Gasteiger partial charge in [-0.05, 0) is 36.4 Å². The third kappa shape index (κ3) is 3.68. The summed E-state index contributed by atoms with van der Waals surface area (Å²) in [6.45, 7) is 1.39. The highest BCUT2D eigenvalue weighted by atomic mass is 79.9. The smallest absolute Gasteiger partial charge is 0.345 e. The number of hydrogen-bond donors (Lipinski definition) is 1. The number of carbonyl (C=O) groups excluding carboxylic acids is 2. The molecule has 20 heavy (non-hydrogen) atoms. The lowest BCUT2D eigenvalue weighted by Gasteiger charge is -2.09. The van der Waals surface area contributed by atoms with Gasteiger partial charge in [-0.25, -0.2) is 4.79 Å². The second-order valence-electron chi connectivity index (χ2n) is 4.07. The van der Waals surface area contributed by atoms with E-state index >= 15 is 0 Å². The Labute approximate surface area is 124 Å². The second kappa shape index (κ2) is 6.34. The van der Waals surface area contributed by atoms with Gasteiger partial charge in [0.25, 0.3) is 0 Å². The molecule has 1 amide bonds. The van der Waals surface area contributed by atoms with Gasteiger partial charge in [-0.3, -0.25) is 4.79 Å². The number of anilines is 1. The van der Waals surface area contributed by atoms with Crippen molar-refractivity contribution in [3.05, 3.63) is 58.6 Å². The molecule has 0 aliphatic rings. The van der Waals surface area contributed by atoms with Crippen molar-refractivity contribution >= 4 is 33.5 Å². The minimum absolute atomic E-state index is 0.242. The number of rotatable bonds is 3. The molecule has 0 heterocycles. The Morgan fingerprint density at radius 3 is 2.35 bits per heavy atom. The lowest BCUT2D eigenvalue weighted by Crippen LogP contribution is -2.14. The predicted octanol–water partition coefficient (Wildman–Crippen LogP) is 3.63. The van der Waals surface area contributed by atoms with Crippen LogP contribution in [-0.2, 0) is 4.79 Å². The van der Waals surface area contributed by atoms with Crippen molar-refractivity contribution in [1.29, 1.82) is 0 Å². The SMILES string of the molecule is CC(=O)Nc1ccccc1C(=O)Oc1ccc(Br)cc1. The molecule has 0 saturated carbocycles. The molecular formula is C15H12BrNO3. The molecule has 2 aromatic carbocycles. The molecule has 2 aromatic rings. The molecule has 0 bridgehead atoms. The maximum Gasteiger partial charge on any atom is 0.345 e. The minimum Gasteiger partial charge on any atom is -0.423 e. The summed E-state index contributed by atoms with van der Waals surface area (Å²) >= 11 is 3.31. The molecule has 4 nitrogen and oxygen atoms in total. The second-order valence-corrected chi connectivity index (χ2v) is 4.99. The maximum absolute atomic E-state index is 12.1. The largest absolute Gasteiger partial charge is 0.423 e. The zero-order valence-corrected chi connectivity index (χ0v) is 12.3. The Kier molecular flexibility index (Phi) is 4.53. The number of nitrogens with one attached hydrogen (secondary N) is 1. The molecule has 0 unspecified atom stereocenters. The number of hydrogen-bond acceptors (Lipinski definition) is 3. The first kappa shape index (κ1) is 14.3. The summed E-state index contributed by atoms with van der Waals surface area (Å²) in [4.78, 5) is 23.2. The Morgan fingerprint density at radius 1 is 1.05 bits per heavy atom. The fraction of sp³-hybridized carbons (Fsp3) is 0.0667. The van der Waals surface area contributed by atoms with E-state index in [4.69, 9.17) is 4.74 Å². The van der Waals surface area contributed by atoms with Gasteiger partial charge >= 0.3 is 5.97 Å². The van der Waals surface area contributed by atoms with Gasteiger partial charge in [0.1, 0.15) is 5.75 Å². The standard InChI is InChI=1S/C15H12BrNO3/c1-10(18)17-14-5-3-2-4-13(14)15(19)20-12-8-6-11(16)7-9-12/h2-9H,1H3,(H,17,18). The van der Waals surface area contributed by atoms with E-state index in [-0.39, 0.29) is 5.91 Å². The van der Waals surface area contributed by atoms with Crippen LogP contribution in [0.2, 0.25) is 0 Å². The molecular weight excluding hydrogens is 322 g/mol. The number of esters is 1. The topological polar surface area (TPSA) is 55.4 Å². The number of benzene rings is 2. The number of amides is 1. The fourth-order valence-corrected chi connectivity index (χ4v) is 1.89. The summed E-state index contributed by atoms with van der Waals surface area (Å²) in [7, 11) is 0. The number of para-hydroxylation sites is 1. The Balaban J connectivity index is 2.20. The first-order valence-corrected chi connectivity index (χ1v) is 6.70. The Hall–Kier alpha value is -2.14. The van der Waals surface area contributed by atoms with Crippen LogP contribution in [-0.4, -0.2) is 11.9 Å². The van der Waals surface area contributed by atoms with Gasteiger partial charge in [0, 0.05) is 11.4 Å². The normalized spacial score (nSPS) is 9.90. The zero-order valence-electron chi connectivity index (χ0n) is 10.7.